The molecule has 0 saturated carbocycles. The summed E-state index contributed by atoms with van der Waals surface area (Å²) in [5.74, 6) is -0.203. The number of hydrogen-bond donors (Lipinski definition) is 1. The molecule has 6 heteroatoms. The van der Waals surface area contributed by atoms with E-state index >= 15 is 0 Å². The summed E-state index contributed by atoms with van der Waals surface area (Å²) in [6.45, 7) is 1.95. The van der Waals surface area contributed by atoms with Gasteiger partial charge in [-0.2, -0.15) is 0 Å². The average molecular weight is 318 g/mol. The molecular formula is C15H14N2O2S2. The Balaban J connectivity index is 1.82. The van der Waals surface area contributed by atoms with Crippen LogP contribution in [0.5, 0.6) is 0 Å². The molecule has 4 nitrogen and oxygen atoms in total. The lowest BCUT2D eigenvalue weighted by Gasteiger charge is -2.30. The highest BCUT2D eigenvalue weighted by molar-refractivity contribution is 8.02. The molecule has 1 aliphatic rings. The Morgan fingerprint density at radius 1 is 1.33 bits per heavy atom. The highest BCUT2D eigenvalue weighted by Gasteiger charge is 2.30. The molecule has 2 heterocycles. The lowest BCUT2D eigenvalue weighted by Crippen LogP contribution is -2.45. The SMILES string of the molecule is C[C@@H](Sc1cccs1)C(=O)N1CC(=O)Nc2ccccc21. The number of benzene rings is 1. The number of rotatable bonds is 3. The molecule has 0 bridgehead atoms. The quantitative estimate of drug-likeness (QED) is 0.884. The Kier molecular flexibility index (Phi) is 3.98. The molecule has 0 saturated heterocycles. The van der Waals surface area contributed by atoms with Crippen molar-refractivity contribution in [2.24, 2.45) is 0 Å². The molecule has 21 heavy (non-hydrogen) atoms. The molecule has 0 unspecified atom stereocenters. The molecular weight excluding hydrogens is 304 g/mol. The molecule has 1 aromatic carbocycles. The third-order valence-corrected chi connectivity index (χ3v) is 5.33. The van der Waals surface area contributed by atoms with Gasteiger partial charge in [0, 0.05) is 0 Å². The van der Waals surface area contributed by atoms with Gasteiger partial charge in [0.15, 0.2) is 0 Å². The van der Waals surface area contributed by atoms with Crippen LogP contribution in [0, 0.1) is 0 Å². The zero-order chi connectivity index (χ0) is 14.8. The summed E-state index contributed by atoms with van der Waals surface area (Å²) in [5, 5.41) is 4.55. The summed E-state index contributed by atoms with van der Waals surface area (Å²) in [6.07, 6.45) is 0. The molecule has 2 amide bonds. The van der Waals surface area contributed by atoms with E-state index < -0.39 is 0 Å². The van der Waals surface area contributed by atoms with Crippen LogP contribution in [0.15, 0.2) is 46.0 Å². The summed E-state index contributed by atoms with van der Waals surface area (Å²) in [4.78, 5) is 26.0. The number of para-hydroxylation sites is 2. The topological polar surface area (TPSA) is 49.4 Å². The van der Waals surface area contributed by atoms with Crippen molar-refractivity contribution in [2.45, 2.75) is 16.4 Å². The van der Waals surface area contributed by atoms with Crippen LogP contribution in [-0.4, -0.2) is 23.6 Å². The minimum Gasteiger partial charge on any atom is -0.323 e. The number of thiophene rings is 1. The van der Waals surface area contributed by atoms with Crippen LogP contribution in [0.1, 0.15) is 6.92 Å². The fraction of sp³-hybridized carbons (Fsp3) is 0.200. The highest BCUT2D eigenvalue weighted by atomic mass is 32.2. The van der Waals surface area contributed by atoms with Gasteiger partial charge in [-0.25, -0.2) is 0 Å². The first kappa shape index (κ1) is 14.2. The van der Waals surface area contributed by atoms with Crippen LogP contribution in [0.2, 0.25) is 0 Å². The van der Waals surface area contributed by atoms with Crippen molar-refractivity contribution in [3.63, 3.8) is 0 Å². The van der Waals surface area contributed by atoms with Crippen molar-refractivity contribution >= 4 is 46.3 Å². The summed E-state index contributed by atoms with van der Waals surface area (Å²) >= 11 is 3.14. The van der Waals surface area contributed by atoms with Gasteiger partial charge in [0.05, 0.1) is 20.8 Å². The van der Waals surface area contributed by atoms with Crippen LogP contribution >= 0.6 is 23.1 Å². The third-order valence-electron chi connectivity index (χ3n) is 3.17. The Bertz CT molecular complexity index is 670. The molecule has 0 fully saturated rings. The number of nitrogens with zero attached hydrogens (tertiary/aromatic N) is 1. The first-order valence-electron chi connectivity index (χ1n) is 6.55. The molecule has 1 aromatic heterocycles. The molecule has 1 atom stereocenters. The van der Waals surface area contributed by atoms with Gasteiger partial charge in [0.2, 0.25) is 11.8 Å². The summed E-state index contributed by atoms with van der Waals surface area (Å²) in [5.41, 5.74) is 1.45. The zero-order valence-electron chi connectivity index (χ0n) is 11.4. The predicted octanol–water partition coefficient (Wildman–Crippen LogP) is 3.21. The number of amides is 2. The molecule has 0 radical (unpaired) electrons. The summed E-state index contributed by atoms with van der Waals surface area (Å²) < 4.78 is 1.10. The van der Waals surface area contributed by atoms with Crippen LogP contribution in [0.4, 0.5) is 11.4 Å². The van der Waals surface area contributed by atoms with Crippen molar-refractivity contribution in [1.82, 2.24) is 0 Å². The predicted molar refractivity (Wildman–Crippen MR) is 87.1 cm³/mol. The number of nitrogens with one attached hydrogen (secondary N) is 1. The van der Waals surface area contributed by atoms with Crippen LogP contribution in [0.3, 0.4) is 0 Å². The van der Waals surface area contributed by atoms with Gasteiger partial charge in [0.25, 0.3) is 0 Å². The Morgan fingerprint density at radius 2 is 2.14 bits per heavy atom. The molecule has 3 rings (SSSR count). The molecule has 0 spiro atoms. The van der Waals surface area contributed by atoms with Crippen molar-refractivity contribution in [1.29, 1.82) is 0 Å². The normalized spacial score (nSPS) is 15.3. The number of carbonyl (C=O) groups is 2. The van der Waals surface area contributed by atoms with E-state index in [1.165, 1.54) is 11.8 Å². The lowest BCUT2D eigenvalue weighted by molar-refractivity contribution is -0.121. The maximum atomic E-state index is 12.7. The third kappa shape index (κ3) is 2.96. The van der Waals surface area contributed by atoms with Crippen LogP contribution < -0.4 is 10.2 Å². The van der Waals surface area contributed by atoms with E-state index in [-0.39, 0.29) is 23.6 Å². The summed E-state index contributed by atoms with van der Waals surface area (Å²) in [7, 11) is 0. The van der Waals surface area contributed by atoms with Crippen molar-refractivity contribution < 1.29 is 9.59 Å². The Labute approximate surface area is 131 Å². The number of anilines is 2. The van der Waals surface area contributed by atoms with Gasteiger partial charge in [0.1, 0.15) is 6.54 Å². The second-order valence-corrected chi connectivity index (χ2v) is 7.27. The first-order valence-corrected chi connectivity index (χ1v) is 8.31. The van der Waals surface area contributed by atoms with E-state index in [9.17, 15) is 9.59 Å². The maximum Gasteiger partial charge on any atom is 0.244 e. The Hall–Kier alpha value is -1.79. The van der Waals surface area contributed by atoms with Gasteiger partial charge in [-0.3, -0.25) is 14.5 Å². The summed E-state index contributed by atoms with van der Waals surface area (Å²) in [6, 6.07) is 11.3. The average Bonchev–Trinajstić information content (AvgIpc) is 2.98. The lowest BCUT2D eigenvalue weighted by atomic mass is 10.2. The molecule has 108 valence electrons. The number of carbonyl (C=O) groups excluding carboxylic acids is 2. The van der Waals surface area contributed by atoms with Crippen LogP contribution in [-0.2, 0) is 9.59 Å². The van der Waals surface area contributed by atoms with E-state index in [1.54, 1.807) is 16.2 Å². The van der Waals surface area contributed by atoms with E-state index in [2.05, 4.69) is 5.32 Å². The largest absolute Gasteiger partial charge is 0.323 e. The van der Waals surface area contributed by atoms with Gasteiger partial charge in [-0.05, 0) is 30.5 Å². The van der Waals surface area contributed by atoms with Gasteiger partial charge < -0.3 is 5.32 Å². The molecule has 1 aliphatic heterocycles. The molecule has 1 N–H and O–H groups in total. The second-order valence-electron chi connectivity index (χ2n) is 4.68. The van der Waals surface area contributed by atoms with Crippen molar-refractivity contribution in [3.05, 3.63) is 41.8 Å². The van der Waals surface area contributed by atoms with Gasteiger partial charge in [-0.1, -0.05) is 18.2 Å². The van der Waals surface area contributed by atoms with Gasteiger partial charge in [-0.15, -0.1) is 23.1 Å². The van der Waals surface area contributed by atoms with E-state index in [0.29, 0.717) is 5.69 Å². The van der Waals surface area contributed by atoms with Crippen molar-refractivity contribution in [2.75, 3.05) is 16.8 Å². The van der Waals surface area contributed by atoms with Crippen LogP contribution in [0.25, 0.3) is 0 Å². The minimum absolute atomic E-state index is 0.0456. The number of fused-ring (bicyclic) bond motifs is 1. The zero-order valence-corrected chi connectivity index (χ0v) is 13.0. The van der Waals surface area contributed by atoms with E-state index in [0.717, 1.165) is 9.90 Å². The van der Waals surface area contributed by atoms with Crippen molar-refractivity contribution in [3.8, 4) is 0 Å². The fourth-order valence-corrected chi connectivity index (χ4v) is 4.21. The monoisotopic (exact) mass is 318 g/mol. The standard InChI is InChI=1S/C15H14N2O2S2/c1-10(21-14-7-4-8-20-14)15(19)17-9-13(18)16-11-5-2-3-6-12(11)17/h2-8,10H,9H2,1H3,(H,16,18)/t10-/m1/s1. The number of hydrogen-bond acceptors (Lipinski definition) is 4. The van der Waals surface area contributed by atoms with E-state index in [1.807, 2.05) is 48.7 Å². The van der Waals surface area contributed by atoms with Gasteiger partial charge >= 0.3 is 0 Å². The fourth-order valence-electron chi connectivity index (χ4n) is 2.20. The second kappa shape index (κ2) is 5.91. The Morgan fingerprint density at radius 3 is 2.90 bits per heavy atom. The minimum atomic E-state index is -0.234. The smallest absolute Gasteiger partial charge is 0.244 e. The number of thioether (sulfide) groups is 1. The maximum absolute atomic E-state index is 12.7. The molecule has 0 aliphatic carbocycles. The first-order chi connectivity index (χ1) is 10.1. The van der Waals surface area contributed by atoms with E-state index in [4.69, 9.17) is 0 Å². The highest BCUT2D eigenvalue weighted by Crippen LogP contribution is 2.33. The molecule has 2 aromatic rings.